The van der Waals surface area contributed by atoms with Crippen LogP contribution in [0.1, 0.15) is 45.4 Å². The van der Waals surface area contributed by atoms with Gasteiger partial charge in [0.1, 0.15) is 0 Å². The van der Waals surface area contributed by atoms with Crippen LogP contribution in [0.2, 0.25) is 0 Å². The first-order valence-electron chi connectivity index (χ1n) is 5.52. The number of hydrogen-bond donors (Lipinski definition) is 1. The highest BCUT2D eigenvalue weighted by Crippen LogP contribution is 2.40. The molecule has 0 radical (unpaired) electrons. The van der Waals surface area contributed by atoms with Gasteiger partial charge in [0, 0.05) is 13.0 Å². The molecule has 1 N–H and O–H groups in total. The van der Waals surface area contributed by atoms with Crippen molar-refractivity contribution in [3.8, 4) is 0 Å². The largest absolute Gasteiger partial charge is 0.393 e. The molecule has 2 rings (SSSR count). The van der Waals surface area contributed by atoms with Gasteiger partial charge in [-0.2, -0.15) is 0 Å². The van der Waals surface area contributed by atoms with Crippen LogP contribution in [0.15, 0.2) is 0 Å². The Kier molecular flexibility index (Phi) is 2.61. The van der Waals surface area contributed by atoms with Crippen LogP contribution in [0.25, 0.3) is 0 Å². The first-order valence-corrected chi connectivity index (χ1v) is 5.52. The lowest BCUT2D eigenvalue weighted by atomic mass is 9.74. The number of hydrogen-bond acceptors (Lipinski definition) is 2. The van der Waals surface area contributed by atoms with Crippen molar-refractivity contribution in [2.24, 2.45) is 5.92 Å². The molecule has 13 heavy (non-hydrogen) atoms. The Labute approximate surface area is 80.3 Å². The summed E-state index contributed by atoms with van der Waals surface area (Å²) in [4.78, 5) is 0. The van der Waals surface area contributed by atoms with Crippen molar-refractivity contribution in [1.82, 2.24) is 0 Å². The average Bonchev–Trinajstić information content (AvgIpc) is 2.02. The van der Waals surface area contributed by atoms with Gasteiger partial charge in [0.05, 0.1) is 11.7 Å². The summed E-state index contributed by atoms with van der Waals surface area (Å²) in [6.45, 7) is 3.05. The van der Waals surface area contributed by atoms with Crippen molar-refractivity contribution in [3.63, 3.8) is 0 Å². The maximum Gasteiger partial charge on any atom is 0.0709 e. The lowest BCUT2D eigenvalue weighted by Crippen LogP contribution is -2.44. The summed E-state index contributed by atoms with van der Waals surface area (Å²) in [6, 6.07) is 0. The molecule has 0 aromatic rings. The summed E-state index contributed by atoms with van der Waals surface area (Å²) in [6.07, 6.45) is 6.51. The molecule has 76 valence electrons. The number of aliphatic hydroxyl groups excluding tert-OH is 1. The molecule has 1 aliphatic heterocycles. The van der Waals surface area contributed by atoms with E-state index in [0.29, 0.717) is 0 Å². The minimum absolute atomic E-state index is 0.0509. The van der Waals surface area contributed by atoms with Crippen LogP contribution in [0.3, 0.4) is 0 Å². The molecule has 3 unspecified atom stereocenters. The van der Waals surface area contributed by atoms with Crippen molar-refractivity contribution in [1.29, 1.82) is 0 Å². The summed E-state index contributed by atoms with van der Waals surface area (Å²) in [5.41, 5.74) is 0.0509. The normalized spacial score (nSPS) is 46.6. The molecule has 1 spiro atoms. The van der Waals surface area contributed by atoms with E-state index in [0.717, 1.165) is 38.2 Å². The molecule has 1 saturated carbocycles. The van der Waals surface area contributed by atoms with Gasteiger partial charge in [0.2, 0.25) is 0 Å². The number of aliphatic hydroxyl groups is 1. The van der Waals surface area contributed by atoms with Crippen molar-refractivity contribution < 1.29 is 9.84 Å². The lowest BCUT2D eigenvalue weighted by Gasteiger charge is -2.44. The molecule has 2 nitrogen and oxygen atoms in total. The van der Waals surface area contributed by atoms with E-state index < -0.39 is 0 Å². The van der Waals surface area contributed by atoms with E-state index in [4.69, 9.17) is 4.74 Å². The Morgan fingerprint density at radius 1 is 1.31 bits per heavy atom. The molecule has 0 aromatic heterocycles. The van der Waals surface area contributed by atoms with Crippen molar-refractivity contribution in [3.05, 3.63) is 0 Å². The van der Waals surface area contributed by atoms with Crippen LogP contribution in [-0.4, -0.2) is 23.4 Å². The van der Waals surface area contributed by atoms with Crippen LogP contribution in [0.5, 0.6) is 0 Å². The minimum atomic E-state index is -0.112. The second-order valence-corrected chi connectivity index (χ2v) is 4.88. The van der Waals surface area contributed by atoms with Gasteiger partial charge in [-0.25, -0.2) is 0 Å². The monoisotopic (exact) mass is 184 g/mol. The van der Waals surface area contributed by atoms with Gasteiger partial charge in [0.25, 0.3) is 0 Å². The highest BCUT2D eigenvalue weighted by molar-refractivity contribution is 4.91. The van der Waals surface area contributed by atoms with Gasteiger partial charge in [-0.1, -0.05) is 19.8 Å². The van der Waals surface area contributed by atoms with Crippen molar-refractivity contribution in [2.75, 3.05) is 6.61 Å². The quantitative estimate of drug-likeness (QED) is 0.624. The van der Waals surface area contributed by atoms with Gasteiger partial charge in [0.15, 0.2) is 0 Å². The third-order valence-corrected chi connectivity index (χ3v) is 3.52. The van der Waals surface area contributed by atoms with Gasteiger partial charge in [-0.15, -0.1) is 0 Å². The third kappa shape index (κ3) is 2.05. The van der Waals surface area contributed by atoms with E-state index in [1.807, 2.05) is 0 Å². The van der Waals surface area contributed by atoms with Crippen LogP contribution < -0.4 is 0 Å². The Hall–Kier alpha value is -0.0800. The van der Waals surface area contributed by atoms with E-state index in [9.17, 15) is 5.11 Å². The fraction of sp³-hybridized carbons (Fsp3) is 1.00. The first-order chi connectivity index (χ1) is 6.20. The van der Waals surface area contributed by atoms with E-state index in [-0.39, 0.29) is 11.7 Å². The zero-order valence-corrected chi connectivity index (χ0v) is 8.46. The topological polar surface area (TPSA) is 29.5 Å². The summed E-state index contributed by atoms with van der Waals surface area (Å²) in [5.74, 6) is 0.777. The predicted octanol–water partition coefficient (Wildman–Crippen LogP) is 2.11. The highest BCUT2D eigenvalue weighted by Gasteiger charge is 2.39. The van der Waals surface area contributed by atoms with Gasteiger partial charge < -0.3 is 9.84 Å². The number of ether oxygens (including phenoxy) is 1. The lowest BCUT2D eigenvalue weighted by molar-refractivity contribution is -0.142. The Bertz CT molecular complexity index is 159. The molecule has 1 heterocycles. The van der Waals surface area contributed by atoms with E-state index in [2.05, 4.69) is 6.92 Å². The van der Waals surface area contributed by atoms with Gasteiger partial charge >= 0.3 is 0 Å². The fourth-order valence-electron chi connectivity index (χ4n) is 2.93. The summed E-state index contributed by atoms with van der Waals surface area (Å²) < 4.78 is 5.89. The Balaban J connectivity index is 2.00. The second-order valence-electron chi connectivity index (χ2n) is 4.88. The molecule has 1 saturated heterocycles. The van der Waals surface area contributed by atoms with E-state index >= 15 is 0 Å². The predicted molar refractivity (Wildman–Crippen MR) is 51.6 cm³/mol. The standard InChI is InChI=1S/C11H20O2/c1-9-3-2-5-11(7-9)8-10(12)4-6-13-11/h9-10,12H,2-8H2,1H3. The summed E-state index contributed by atoms with van der Waals surface area (Å²) in [7, 11) is 0. The van der Waals surface area contributed by atoms with Crippen LogP contribution in [0.4, 0.5) is 0 Å². The molecular formula is C11H20O2. The summed E-state index contributed by atoms with van der Waals surface area (Å²) >= 11 is 0. The van der Waals surface area contributed by atoms with Crippen molar-refractivity contribution >= 4 is 0 Å². The van der Waals surface area contributed by atoms with E-state index in [1.54, 1.807) is 0 Å². The molecule has 0 bridgehead atoms. The van der Waals surface area contributed by atoms with Crippen molar-refractivity contribution in [2.45, 2.75) is 57.2 Å². The van der Waals surface area contributed by atoms with Gasteiger partial charge in [-0.3, -0.25) is 0 Å². The van der Waals surface area contributed by atoms with Crippen LogP contribution >= 0.6 is 0 Å². The Morgan fingerprint density at radius 2 is 2.15 bits per heavy atom. The Morgan fingerprint density at radius 3 is 2.85 bits per heavy atom. The SMILES string of the molecule is CC1CCCC2(C1)CC(O)CCO2. The molecule has 2 heteroatoms. The molecule has 3 atom stereocenters. The van der Waals surface area contributed by atoms with Crippen LogP contribution in [-0.2, 0) is 4.74 Å². The zero-order valence-electron chi connectivity index (χ0n) is 8.46. The minimum Gasteiger partial charge on any atom is -0.393 e. The highest BCUT2D eigenvalue weighted by atomic mass is 16.5. The summed E-state index contributed by atoms with van der Waals surface area (Å²) in [5, 5.41) is 9.63. The molecule has 1 aliphatic carbocycles. The van der Waals surface area contributed by atoms with Gasteiger partial charge in [-0.05, 0) is 25.2 Å². The number of rotatable bonds is 0. The molecular weight excluding hydrogens is 164 g/mol. The third-order valence-electron chi connectivity index (χ3n) is 3.52. The first kappa shape index (κ1) is 9.47. The second kappa shape index (κ2) is 3.58. The maximum atomic E-state index is 9.63. The zero-order chi connectivity index (χ0) is 9.31. The molecule has 0 aromatic carbocycles. The van der Waals surface area contributed by atoms with E-state index in [1.165, 1.54) is 12.8 Å². The molecule has 2 aliphatic rings. The molecule has 0 amide bonds. The molecule has 2 fully saturated rings. The van der Waals surface area contributed by atoms with Crippen LogP contribution in [0, 0.1) is 5.92 Å². The maximum absolute atomic E-state index is 9.63. The smallest absolute Gasteiger partial charge is 0.0709 e. The fourth-order valence-corrected chi connectivity index (χ4v) is 2.93. The average molecular weight is 184 g/mol.